The van der Waals surface area contributed by atoms with Crippen molar-refractivity contribution < 1.29 is 24.2 Å². The number of aliphatic hydroxyl groups excluding tert-OH is 1. The number of anilines is 1. The summed E-state index contributed by atoms with van der Waals surface area (Å²) >= 11 is 7.84. The molecule has 0 aliphatic carbocycles. The largest absolute Gasteiger partial charge is 0.466 e. The maximum atomic E-state index is 13.6. The summed E-state index contributed by atoms with van der Waals surface area (Å²) in [6.07, 6.45) is 2.60. The van der Waals surface area contributed by atoms with Crippen LogP contribution in [-0.4, -0.2) is 63.6 Å². The average molecular weight is 467 g/mol. The van der Waals surface area contributed by atoms with Crippen molar-refractivity contribution in [1.82, 2.24) is 4.90 Å². The van der Waals surface area contributed by atoms with Gasteiger partial charge in [0, 0.05) is 18.4 Å². The number of amides is 2. The molecule has 2 N–H and O–H groups in total. The summed E-state index contributed by atoms with van der Waals surface area (Å²) < 4.78 is 4.65. The van der Waals surface area contributed by atoms with Crippen LogP contribution in [0.1, 0.15) is 32.6 Å². The van der Waals surface area contributed by atoms with Crippen molar-refractivity contribution in [1.29, 1.82) is 0 Å². The normalized spacial score (nSPS) is 31.1. The number of benzene rings is 1. The van der Waals surface area contributed by atoms with Crippen LogP contribution < -0.4 is 5.32 Å². The maximum absolute atomic E-state index is 13.6. The van der Waals surface area contributed by atoms with Crippen LogP contribution in [0, 0.1) is 11.8 Å². The Morgan fingerprint density at radius 2 is 2.13 bits per heavy atom. The summed E-state index contributed by atoms with van der Waals surface area (Å²) in [4.78, 5) is 41.5. The van der Waals surface area contributed by atoms with E-state index in [-0.39, 0.29) is 36.2 Å². The van der Waals surface area contributed by atoms with E-state index in [9.17, 15) is 19.5 Å². The van der Waals surface area contributed by atoms with Crippen molar-refractivity contribution in [3.05, 3.63) is 29.3 Å². The molecule has 1 spiro atoms. The molecule has 1 aromatic carbocycles. The van der Waals surface area contributed by atoms with Gasteiger partial charge in [0.2, 0.25) is 11.8 Å². The molecule has 3 aliphatic rings. The highest BCUT2D eigenvalue weighted by Crippen LogP contribution is 2.66. The van der Waals surface area contributed by atoms with Crippen LogP contribution in [0.4, 0.5) is 5.69 Å². The number of fused-ring (bicyclic) bond motifs is 1. The first-order valence-corrected chi connectivity index (χ1v) is 12.0. The van der Waals surface area contributed by atoms with Crippen molar-refractivity contribution >= 4 is 46.8 Å². The van der Waals surface area contributed by atoms with E-state index < -0.39 is 22.6 Å². The Bertz CT molecular complexity index is 883. The standard InChI is InChI=1S/C22H27ClN2O5S/c1-2-30-21(29)16-15-9-10-22(31-15)17(16)20(28)25(11-5-6-12-26)18(22)19(27)24-14-8-4-3-7-13(14)23/h3-4,7-8,15-18,26H,2,5-6,9-12H2,1H3,(H,24,27)/t15-,16+,17-,18?,22?/m0/s1. The van der Waals surface area contributed by atoms with Gasteiger partial charge in [0.05, 0.1) is 33.9 Å². The van der Waals surface area contributed by atoms with E-state index in [2.05, 4.69) is 5.32 Å². The van der Waals surface area contributed by atoms with Crippen LogP contribution in [0.5, 0.6) is 0 Å². The molecular weight excluding hydrogens is 440 g/mol. The van der Waals surface area contributed by atoms with Gasteiger partial charge in [-0.05, 0) is 44.7 Å². The molecule has 3 aliphatic heterocycles. The van der Waals surface area contributed by atoms with E-state index in [1.54, 1.807) is 47.9 Å². The summed E-state index contributed by atoms with van der Waals surface area (Å²) in [6.45, 7) is 2.40. The van der Waals surface area contributed by atoms with Gasteiger partial charge in [-0.2, -0.15) is 0 Å². The predicted octanol–water partition coefficient (Wildman–Crippen LogP) is 2.71. The summed E-state index contributed by atoms with van der Waals surface area (Å²) in [6, 6.07) is 6.29. The number of rotatable bonds is 8. The maximum Gasteiger partial charge on any atom is 0.310 e. The lowest BCUT2D eigenvalue weighted by molar-refractivity contribution is -0.153. The Labute approximate surface area is 190 Å². The lowest BCUT2D eigenvalue weighted by Gasteiger charge is -2.34. The first-order chi connectivity index (χ1) is 14.9. The molecular formula is C22H27ClN2O5S. The number of nitrogens with one attached hydrogen (secondary N) is 1. The molecule has 0 radical (unpaired) electrons. The number of nitrogens with zero attached hydrogens (tertiary/aromatic N) is 1. The molecule has 7 nitrogen and oxygen atoms in total. The number of carbonyl (C=O) groups excluding carboxylic acids is 3. The van der Waals surface area contributed by atoms with E-state index in [4.69, 9.17) is 16.3 Å². The zero-order valence-electron chi connectivity index (χ0n) is 17.4. The van der Waals surface area contributed by atoms with E-state index in [0.717, 1.165) is 6.42 Å². The van der Waals surface area contributed by atoms with Crippen molar-refractivity contribution in [3.8, 4) is 0 Å². The Morgan fingerprint density at radius 3 is 2.84 bits per heavy atom. The van der Waals surface area contributed by atoms with E-state index >= 15 is 0 Å². The minimum absolute atomic E-state index is 0.0109. The molecule has 31 heavy (non-hydrogen) atoms. The quantitative estimate of drug-likeness (QED) is 0.451. The third-order valence-corrected chi connectivity index (χ3v) is 8.83. The number of esters is 1. The van der Waals surface area contributed by atoms with Gasteiger partial charge in [-0.1, -0.05) is 23.7 Å². The van der Waals surface area contributed by atoms with Gasteiger partial charge < -0.3 is 20.1 Å². The molecule has 0 saturated carbocycles. The SMILES string of the molecule is CCOC(=O)[C@@H]1[C@@H]2CCC3(S2)C(C(=O)Nc2ccccc2Cl)N(CCCCO)C(=O)[C@H]13. The lowest BCUT2D eigenvalue weighted by atomic mass is 9.71. The second-order valence-electron chi connectivity index (χ2n) is 8.24. The van der Waals surface area contributed by atoms with Gasteiger partial charge in [0.25, 0.3) is 0 Å². The molecule has 5 atom stereocenters. The Hall–Kier alpha value is -1.77. The monoisotopic (exact) mass is 466 g/mol. The number of carbonyl (C=O) groups is 3. The molecule has 3 heterocycles. The van der Waals surface area contributed by atoms with Crippen LogP contribution in [0.2, 0.25) is 5.02 Å². The predicted molar refractivity (Wildman–Crippen MR) is 119 cm³/mol. The minimum Gasteiger partial charge on any atom is -0.466 e. The summed E-state index contributed by atoms with van der Waals surface area (Å²) in [5.74, 6) is -1.88. The smallest absolute Gasteiger partial charge is 0.310 e. The highest BCUT2D eigenvalue weighted by atomic mass is 35.5. The third-order valence-electron chi connectivity index (χ3n) is 6.55. The van der Waals surface area contributed by atoms with Crippen molar-refractivity contribution in [2.24, 2.45) is 11.8 Å². The summed E-state index contributed by atoms with van der Waals surface area (Å²) in [7, 11) is 0. The zero-order chi connectivity index (χ0) is 22.2. The fraction of sp³-hybridized carbons (Fsp3) is 0.591. The number of unbranched alkanes of at least 4 members (excludes halogenated alkanes) is 1. The number of thioether (sulfide) groups is 1. The number of aliphatic hydroxyl groups is 1. The molecule has 2 bridgehead atoms. The summed E-state index contributed by atoms with van der Waals surface area (Å²) in [5.41, 5.74) is 0.497. The van der Waals surface area contributed by atoms with Gasteiger partial charge in [-0.3, -0.25) is 14.4 Å². The van der Waals surface area contributed by atoms with Gasteiger partial charge in [0.15, 0.2) is 0 Å². The highest BCUT2D eigenvalue weighted by Gasteiger charge is 2.73. The first-order valence-electron chi connectivity index (χ1n) is 10.8. The molecule has 3 fully saturated rings. The molecule has 2 unspecified atom stereocenters. The van der Waals surface area contributed by atoms with Crippen LogP contribution >= 0.6 is 23.4 Å². The van der Waals surface area contributed by atoms with Gasteiger partial charge in [0.1, 0.15) is 6.04 Å². The van der Waals surface area contributed by atoms with Gasteiger partial charge >= 0.3 is 5.97 Å². The first kappa shape index (κ1) is 22.4. The molecule has 2 amide bonds. The number of likely N-dealkylation sites (tertiary alicyclic amines) is 1. The third kappa shape index (κ3) is 3.72. The van der Waals surface area contributed by atoms with E-state index in [1.165, 1.54) is 0 Å². The minimum atomic E-state index is -0.700. The Morgan fingerprint density at radius 1 is 1.35 bits per heavy atom. The highest BCUT2D eigenvalue weighted by molar-refractivity contribution is 8.02. The van der Waals surface area contributed by atoms with Crippen molar-refractivity contribution in [2.45, 2.75) is 48.6 Å². The van der Waals surface area contributed by atoms with Crippen LogP contribution in [0.3, 0.4) is 0 Å². The fourth-order valence-corrected chi connectivity index (χ4v) is 7.75. The Kier molecular flexibility index (Phi) is 6.51. The van der Waals surface area contributed by atoms with E-state index in [1.807, 2.05) is 0 Å². The molecule has 3 saturated heterocycles. The van der Waals surface area contributed by atoms with Crippen LogP contribution in [0.15, 0.2) is 24.3 Å². The van der Waals surface area contributed by atoms with Crippen LogP contribution in [-0.2, 0) is 19.1 Å². The topological polar surface area (TPSA) is 95.9 Å². The second kappa shape index (κ2) is 9.00. The van der Waals surface area contributed by atoms with Gasteiger partial charge in [-0.15, -0.1) is 11.8 Å². The molecule has 9 heteroatoms. The molecule has 0 aromatic heterocycles. The number of hydrogen-bond acceptors (Lipinski definition) is 6. The summed E-state index contributed by atoms with van der Waals surface area (Å²) in [5, 5.41) is 12.5. The van der Waals surface area contributed by atoms with Gasteiger partial charge in [-0.25, -0.2) is 0 Å². The lowest BCUT2D eigenvalue weighted by Crippen LogP contribution is -2.51. The number of hydrogen-bond donors (Lipinski definition) is 2. The molecule has 4 rings (SSSR count). The number of ether oxygens (including phenoxy) is 1. The zero-order valence-corrected chi connectivity index (χ0v) is 19.0. The molecule has 168 valence electrons. The molecule has 1 aromatic rings. The fourth-order valence-electron chi connectivity index (χ4n) is 5.36. The average Bonchev–Trinajstić information content (AvgIpc) is 3.38. The van der Waals surface area contributed by atoms with E-state index in [0.29, 0.717) is 36.5 Å². The number of para-hydroxylation sites is 1. The second-order valence-corrected chi connectivity index (χ2v) is 10.2. The number of halogens is 1. The van der Waals surface area contributed by atoms with Crippen molar-refractivity contribution in [3.63, 3.8) is 0 Å². The van der Waals surface area contributed by atoms with Crippen LogP contribution in [0.25, 0.3) is 0 Å². The Balaban J connectivity index is 1.67. The van der Waals surface area contributed by atoms with Crippen molar-refractivity contribution in [2.75, 3.05) is 25.1 Å².